The van der Waals surface area contributed by atoms with E-state index in [1.54, 1.807) is 0 Å². The molecule has 0 heterocycles. The SMILES string of the molecule is CC(C)[Si](O[C@@H](CCCO)C[C@H](C)/C=C/[C@@H](C)[C@@H](/C=C/[Si](C)(C)C)O[Si](C)(C)C(C)(C)C)(C(C)C)C(C)C. The molecule has 38 heavy (non-hydrogen) atoms. The summed E-state index contributed by atoms with van der Waals surface area (Å²) in [5.74, 6) is 0.722. The van der Waals surface area contributed by atoms with Crippen LogP contribution in [0.4, 0.5) is 0 Å². The number of aliphatic hydroxyl groups excluding tert-OH is 1. The second kappa shape index (κ2) is 15.9. The van der Waals surface area contributed by atoms with Crippen LogP contribution in [-0.2, 0) is 8.85 Å². The van der Waals surface area contributed by atoms with Crippen molar-refractivity contribution in [2.24, 2.45) is 11.8 Å². The van der Waals surface area contributed by atoms with Gasteiger partial charge in [0, 0.05) is 18.6 Å². The summed E-state index contributed by atoms with van der Waals surface area (Å²) < 4.78 is 14.1. The molecule has 0 fully saturated rings. The van der Waals surface area contributed by atoms with E-state index in [9.17, 15) is 5.11 Å². The van der Waals surface area contributed by atoms with E-state index in [-0.39, 0.29) is 23.9 Å². The van der Waals surface area contributed by atoms with Crippen LogP contribution in [0.1, 0.15) is 95.4 Å². The summed E-state index contributed by atoms with van der Waals surface area (Å²) >= 11 is 0. The predicted molar refractivity (Wildman–Crippen MR) is 179 cm³/mol. The minimum Gasteiger partial charge on any atom is -0.413 e. The molecule has 0 spiro atoms. The van der Waals surface area contributed by atoms with Gasteiger partial charge in [-0.2, -0.15) is 0 Å². The smallest absolute Gasteiger partial charge is 0.200 e. The Bertz CT molecular complexity index is 693. The molecule has 0 aliphatic rings. The normalized spacial score (nSPS) is 17.8. The third-order valence-corrected chi connectivity index (χ3v) is 20.5. The molecule has 3 nitrogen and oxygen atoms in total. The summed E-state index contributed by atoms with van der Waals surface area (Å²) in [7, 11) is -5.18. The molecule has 0 aromatic heterocycles. The lowest BCUT2D eigenvalue weighted by Gasteiger charge is -2.45. The molecule has 0 bridgehead atoms. The highest BCUT2D eigenvalue weighted by atomic mass is 28.4. The van der Waals surface area contributed by atoms with Crippen LogP contribution in [0.25, 0.3) is 0 Å². The van der Waals surface area contributed by atoms with Crippen LogP contribution >= 0.6 is 0 Å². The molecule has 0 aromatic rings. The second-order valence-corrected chi connectivity index (χ2v) is 30.7. The molecule has 0 aliphatic heterocycles. The summed E-state index contributed by atoms with van der Waals surface area (Å²) in [5, 5.41) is 9.78. The molecule has 0 unspecified atom stereocenters. The Morgan fingerprint density at radius 2 is 1.24 bits per heavy atom. The topological polar surface area (TPSA) is 38.7 Å². The van der Waals surface area contributed by atoms with Gasteiger partial charge in [-0.3, -0.25) is 0 Å². The minimum absolute atomic E-state index is 0.107. The maximum atomic E-state index is 9.60. The van der Waals surface area contributed by atoms with Crippen LogP contribution in [0, 0.1) is 11.8 Å². The van der Waals surface area contributed by atoms with Gasteiger partial charge in [-0.05, 0) is 59.9 Å². The Labute approximate surface area is 242 Å². The Balaban J connectivity index is 5.86. The zero-order valence-corrected chi connectivity index (χ0v) is 31.4. The van der Waals surface area contributed by atoms with Crippen molar-refractivity contribution >= 4 is 24.7 Å². The molecule has 4 atom stereocenters. The number of rotatable bonds is 17. The third-order valence-electron chi connectivity index (χ3n) is 8.68. The van der Waals surface area contributed by atoms with E-state index >= 15 is 0 Å². The van der Waals surface area contributed by atoms with Crippen LogP contribution in [0.5, 0.6) is 0 Å². The maximum absolute atomic E-state index is 9.60. The Kier molecular flexibility index (Phi) is 15.9. The highest BCUT2D eigenvalue weighted by molar-refractivity contribution is 6.81. The standard InChI is InChI=1S/C32H68O3Si3/c1-25(2)38(26(3)4,27(5)6)34-30(18-17-22-33)24-28(7)19-20-29(8)31(21-23-36(12,13)14)35-37(15,16)32(9,10)11/h19-21,23,25-31,33H,17-18,22,24H2,1-16H3/b20-19+,23-21+/t28-,29-,30+,31-/m1/s1. The molecular weight excluding hydrogens is 517 g/mol. The maximum Gasteiger partial charge on any atom is 0.200 e. The Hall–Kier alpha value is 0.0106. The van der Waals surface area contributed by atoms with E-state index in [1.165, 1.54) is 0 Å². The molecule has 0 radical (unpaired) electrons. The molecule has 0 amide bonds. The average Bonchev–Trinajstić information content (AvgIpc) is 2.74. The quantitative estimate of drug-likeness (QED) is 0.136. The van der Waals surface area contributed by atoms with E-state index in [4.69, 9.17) is 8.85 Å². The molecule has 0 saturated heterocycles. The summed E-state index contributed by atoms with van der Waals surface area (Å²) in [6.07, 6.45) is 10.2. The van der Waals surface area contributed by atoms with Crippen molar-refractivity contribution in [2.75, 3.05) is 6.61 Å². The fourth-order valence-corrected chi connectivity index (χ4v) is 13.1. The molecule has 0 aliphatic carbocycles. The van der Waals surface area contributed by atoms with Gasteiger partial charge in [0.2, 0.25) is 8.32 Å². The Morgan fingerprint density at radius 3 is 1.63 bits per heavy atom. The van der Waals surface area contributed by atoms with Crippen molar-refractivity contribution < 1.29 is 14.0 Å². The molecule has 0 saturated carbocycles. The molecule has 6 heteroatoms. The molecular formula is C32H68O3Si3. The highest BCUT2D eigenvalue weighted by Gasteiger charge is 2.46. The number of hydrogen-bond acceptors (Lipinski definition) is 3. The van der Waals surface area contributed by atoms with Crippen molar-refractivity contribution in [1.82, 2.24) is 0 Å². The lowest BCUT2D eigenvalue weighted by molar-refractivity contribution is 0.133. The predicted octanol–water partition coefficient (Wildman–Crippen LogP) is 10.4. The number of aliphatic hydroxyl groups is 1. The number of allylic oxidation sites excluding steroid dienone is 1. The summed E-state index contributed by atoms with van der Waals surface area (Å²) in [6, 6.07) is 0. The second-order valence-electron chi connectivity index (χ2n) is 15.4. The molecule has 226 valence electrons. The van der Waals surface area contributed by atoms with Gasteiger partial charge < -0.3 is 14.0 Å². The molecule has 0 rings (SSSR count). The third kappa shape index (κ3) is 12.3. The van der Waals surface area contributed by atoms with Crippen LogP contribution in [0.3, 0.4) is 0 Å². The van der Waals surface area contributed by atoms with E-state index in [0.29, 0.717) is 28.5 Å². The zero-order valence-electron chi connectivity index (χ0n) is 28.4. The van der Waals surface area contributed by atoms with Crippen molar-refractivity contribution in [1.29, 1.82) is 0 Å². The fourth-order valence-electron chi connectivity index (χ4n) is 5.43. The van der Waals surface area contributed by atoms with Gasteiger partial charge in [0.15, 0.2) is 8.32 Å². The summed E-state index contributed by atoms with van der Waals surface area (Å²) in [4.78, 5) is 0. The van der Waals surface area contributed by atoms with Crippen LogP contribution in [0.15, 0.2) is 23.9 Å². The first-order valence-electron chi connectivity index (χ1n) is 15.4. The van der Waals surface area contributed by atoms with Crippen molar-refractivity contribution in [2.45, 2.75) is 162 Å². The number of hydrogen-bond donors (Lipinski definition) is 1. The minimum atomic E-state index is -1.97. The van der Waals surface area contributed by atoms with Crippen LogP contribution in [-0.4, -0.2) is 48.6 Å². The highest BCUT2D eigenvalue weighted by Crippen LogP contribution is 2.44. The molecule has 0 aromatic carbocycles. The van der Waals surface area contributed by atoms with Gasteiger partial charge in [-0.15, -0.1) is 0 Å². The van der Waals surface area contributed by atoms with Gasteiger partial charge in [-0.25, -0.2) is 0 Å². The first kappa shape index (κ1) is 38.0. The first-order chi connectivity index (χ1) is 17.1. The first-order valence-corrected chi connectivity index (χ1v) is 24.1. The van der Waals surface area contributed by atoms with Crippen molar-refractivity contribution in [3.63, 3.8) is 0 Å². The van der Waals surface area contributed by atoms with Crippen LogP contribution in [0.2, 0.25) is 54.4 Å². The monoisotopic (exact) mass is 584 g/mol. The Morgan fingerprint density at radius 1 is 0.737 bits per heavy atom. The van der Waals surface area contributed by atoms with E-state index in [1.807, 2.05) is 0 Å². The van der Waals surface area contributed by atoms with Crippen molar-refractivity contribution in [3.8, 4) is 0 Å². The lowest BCUT2D eigenvalue weighted by Crippen LogP contribution is -2.50. The fraction of sp³-hybridized carbons (Fsp3) is 0.875. The van der Waals surface area contributed by atoms with Gasteiger partial charge in [-0.1, -0.05) is 120 Å². The summed E-state index contributed by atoms with van der Waals surface area (Å²) in [5.41, 5.74) is 4.15. The lowest BCUT2D eigenvalue weighted by atomic mass is 9.97. The van der Waals surface area contributed by atoms with Crippen molar-refractivity contribution in [3.05, 3.63) is 23.9 Å². The van der Waals surface area contributed by atoms with E-state index < -0.39 is 24.7 Å². The average molecular weight is 585 g/mol. The summed E-state index contributed by atoms with van der Waals surface area (Å²) in [6.45, 7) is 37.9. The van der Waals surface area contributed by atoms with Gasteiger partial charge >= 0.3 is 0 Å². The van der Waals surface area contributed by atoms with Gasteiger partial charge in [0.05, 0.1) is 14.2 Å². The van der Waals surface area contributed by atoms with Crippen LogP contribution < -0.4 is 0 Å². The van der Waals surface area contributed by atoms with Gasteiger partial charge in [0.25, 0.3) is 0 Å². The molecule has 1 N–H and O–H groups in total. The van der Waals surface area contributed by atoms with E-state index in [2.05, 4.69) is 133 Å². The zero-order chi connectivity index (χ0) is 30.1. The van der Waals surface area contributed by atoms with Gasteiger partial charge in [0.1, 0.15) is 0 Å². The van der Waals surface area contributed by atoms with E-state index in [0.717, 1.165) is 19.3 Å². The largest absolute Gasteiger partial charge is 0.413 e.